The van der Waals surface area contributed by atoms with E-state index in [0.29, 0.717) is 18.2 Å². The van der Waals surface area contributed by atoms with Gasteiger partial charge in [-0.1, -0.05) is 26.0 Å². The molecule has 1 unspecified atom stereocenters. The molecule has 120 valence electrons. The Kier molecular flexibility index (Phi) is 4.82. The number of benzene rings is 1. The number of hydrogen-bond donors (Lipinski definition) is 0. The van der Waals surface area contributed by atoms with Gasteiger partial charge in [-0.15, -0.1) is 0 Å². The molecule has 2 aliphatic rings. The van der Waals surface area contributed by atoms with Gasteiger partial charge in [-0.05, 0) is 61.9 Å². The van der Waals surface area contributed by atoms with E-state index in [2.05, 4.69) is 43.0 Å². The molecule has 0 radical (unpaired) electrons. The van der Waals surface area contributed by atoms with Crippen molar-refractivity contribution in [3.63, 3.8) is 0 Å². The van der Waals surface area contributed by atoms with Crippen LogP contribution >= 0.6 is 0 Å². The molecule has 0 aromatic heterocycles. The van der Waals surface area contributed by atoms with Crippen molar-refractivity contribution in [3.05, 3.63) is 29.8 Å². The number of likely N-dealkylation sites (tertiary alicyclic amines) is 1. The minimum absolute atomic E-state index is 0.291. The van der Waals surface area contributed by atoms with Gasteiger partial charge in [0.15, 0.2) is 0 Å². The van der Waals surface area contributed by atoms with Gasteiger partial charge in [0, 0.05) is 25.2 Å². The van der Waals surface area contributed by atoms with Gasteiger partial charge in [0.1, 0.15) is 0 Å². The summed E-state index contributed by atoms with van der Waals surface area (Å²) in [5, 5.41) is 0. The SMILES string of the molecule is CCc1ccc(N2CC(CN3CCC(C)CC3)CC2=O)cc1. The molecule has 2 aliphatic heterocycles. The lowest BCUT2D eigenvalue weighted by molar-refractivity contribution is -0.117. The van der Waals surface area contributed by atoms with Gasteiger partial charge in [-0.2, -0.15) is 0 Å². The normalized spacial score (nSPS) is 24.2. The summed E-state index contributed by atoms with van der Waals surface area (Å²) in [6.45, 7) is 8.89. The van der Waals surface area contributed by atoms with Gasteiger partial charge in [0.25, 0.3) is 0 Å². The maximum atomic E-state index is 12.3. The molecule has 2 fully saturated rings. The van der Waals surface area contributed by atoms with Crippen LogP contribution in [-0.2, 0) is 11.2 Å². The van der Waals surface area contributed by atoms with Crippen LogP contribution < -0.4 is 4.90 Å². The van der Waals surface area contributed by atoms with Gasteiger partial charge in [-0.25, -0.2) is 0 Å². The lowest BCUT2D eigenvalue weighted by Gasteiger charge is -2.31. The molecule has 0 saturated carbocycles. The lowest BCUT2D eigenvalue weighted by Crippen LogP contribution is -2.37. The van der Waals surface area contributed by atoms with Crippen LogP contribution in [0.4, 0.5) is 5.69 Å². The van der Waals surface area contributed by atoms with Crippen LogP contribution in [0.1, 0.15) is 38.7 Å². The number of nitrogens with zero attached hydrogens (tertiary/aromatic N) is 2. The van der Waals surface area contributed by atoms with E-state index in [9.17, 15) is 4.79 Å². The Morgan fingerprint density at radius 1 is 1.14 bits per heavy atom. The highest BCUT2D eigenvalue weighted by Crippen LogP contribution is 2.27. The third-order valence-corrected chi connectivity index (χ3v) is 5.25. The minimum Gasteiger partial charge on any atom is -0.312 e. The van der Waals surface area contributed by atoms with E-state index >= 15 is 0 Å². The number of carbonyl (C=O) groups excluding carboxylic acids is 1. The van der Waals surface area contributed by atoms with E-state index < -0.39 is 0 Å². The second-order valence-electron chi connectivity index (χ2n) is 7.08. The van der Waals surface area contributed by atoms with Crippen LogP contribution in [0.15, 0.2) is 24.3 Å². The first-order valence-corrected chi connectivity index (χ1v) is 8.77. The summed E-state index contributed by atoms with van der Waals surface area (Å²) in [5.74, 6) is 1.65. The number of carbonyl (C=O) groups is 1. The van der Waals surface area contributed by atoms with Gasteiger partial charge in [-0.3, -0.25) is 4.79 Å². The van der Waals surface area contributed by atoms with Crippen LogP contribution in [-0.4, -0.2) is 37.0 Å². The van der Waals surface area contributed by atoms with Crippen molar-refractivity contribution in [2.24, 2.45) is 11.8 Å². The van der Waals surface area contributed by atoms with Crippen molar-refractivity contribution in [2.45, 2.75) is 39.5 Å². The smallest absolute Gasteiger partial charge is 0.227 e. The Hall–Kier alpha value is -1.35. The Labute approximate surface area is 134 Å². The second kappa shape index (κ2) is 6.82. The first kappa shape index (κ1) is 15.5. The molecule has 0 aliphatic carbocycles. The molecule has 1 amide bonds. The van der Waals surface area contributed by atoms with Crippen molar-refractivity contribution in [3.8, 4) is 0 Å². The average Bonchev–Trinajstić information content (AvgIpc) is 2.90. The van der Waals surface area contributed by atoms with Gasteiger partial charge < -0.3 is 9.80 Å². The largest absolute Gasteiger partial charge is 0.312 e. The summed E-state index contributed by atoms with van der Waals surface area (Å²) in [6.07, 6.45) is 4.37. The maximum absolute atomic E-state index is 12.3. The highest BCUT2D eigenvalue weighted by Gasteiger charge is 2.32. The highest BCUT2D eigenvalue weighted by molar-refractivity contribution is 5.95. The molecule has 0 N–H and O–H groups in total. The van der Waals surface area contributed by atoms with Gasteiger partial charge in [0.05, 0.1) is 0 Å². The van der Waals surface area contributed by atoms with Crippen LogP contribution in [0.25, 0.3) is 0 Å². The first-order valence-electron chi connectivity index (χ1n) is 8.77. The molecule has 3 heteroatoms. The molecule has 1 atom stereocenters. The average molecular weight is 300 g/mol. The van der Waals surface area contributed by atoms with E-state index in [1.165, 1.54) is 31.5 Å². The van der Waals surface area contributed by atoms with E-state index in [1.54, 1.807) is 0 Å². The predicted molar refractivity (Wildman–Crippen MR) is 91.1 cm³/mol. The summed E-state index contributed by atoms with van der Waals surface area (Å²) in [5.41, 5.74) is 2.39. The van der Waals surface area contributed by atoms with Crippen molar-refractivity contribution >= 4 is 11.6 Å². The first-order chi connectivity index (χ1) is 10.7. The van der Waals surface area contributed by atoms with Crippen LogP contribution in [0, 0.1) is 11.8 Å². The lowest BCUT2D eigenvalue weighted by atomic mass is 9.98. The molecule has 1 aromatic rings. The summed E-state index contributed by atoms with van der Waals surface area (Å²) in [7, 11) is 0. The fourth-order valence-corrected chi connectivity index (χ4v) is 3.67. The molecular formula is C19H28N2O. The molecule has 1 aromatic carbocycles. The number of anilines is 1. The molecule has 0 bridgehead atoms. The van der Waals surface area contributed by atoms with E-state index in [-0.39, 0.29) is 0 Å². The number of aryl methyl sites for hydroxylation is 1. The Morgan fingerprint density at radius 3 is 2.45 bits per heavy atom. The van der Waals surface area contributed by atoms with Crippen molar-refractivity contribution < 1.29 is 4.79 Å². The zero-order valence-corrected chi connectivity index (χ0v) is 13.9. The Morgan fingerprint density at radius 2 is 1.82 bits per heavy atom. The number of piperidine rings is 1. The van der Waals surface area contributed by atoms with E-state index in [1.807, 2.05) is 4.90 Å². The zero-order valence-electron chi connectivity index (χ0n) is 13.9. The molecule has 2 heterocycles. The number of amides is 1. The fourth-order valence-electron chi connectivity index (χ4n) is 3.67. The summed E-state index contributed by atoms with van der Waals surface area (Å²) in [6, 6.07) is 8.48. The Balaban J connectivity index is 1.58. The minimum atomic E-state index is 0.291. The molecule has 2 saturated heterocycles. The number of hydrogen-bond acceptors (Lipinski definition) is 2. The van der Waals surface area contributed by atoms with Crippen LogP contribution in [0.3, 0.4) is 0 Å². The van der Waals surface area contributed by atoms with Crippen LogP contribution in [0.2, 0.25) is 0 Å². The summed E-state index contributed by atoms with van der Waals surface area (Å²) < 4.78 is 0. The van der Waals surface area contributed by atoms with Crippen molar-refractivity contribution in [1.82, 2.24) is 4.90 Å². The second-order valence-corrected chi connectivity index (χ2v) is 7.08. The third kappa shape index (κ3) is 3.52. The Bertz CT molecular complexity index is 503. The highest BCUT2D eigenvalue weighted by atomic mass is 16.2. The molecule has 22 heavy (non-hydrogen) atoms. The summed E-state index contributed by atoms with van der Waals surface area (Å²) in [4.78, 5) is 16.9. The molecule has 3 rings (SSSR count). The standard InChI is InChI=1S/C19H28N2O/c1-3-16-4-6-18(7-5-16)21-14-17(12-19(21)22)13-20-10-8-15(2)9-11-20/h4-7,15,17H,3,8-14H2,1-2H3. The summed E-state index contributed by atoms with van der Waals surface area (Å²) >= 11 is 0. The third-order valence-electron chi connectivity index (χ3n) is 5.25. The maximum Gasteiger partial charge on any atom is 0.227 e. The van der Waals surface area contributed by atoms with Crippen molar-refractivity contribution in [2.75, 3.05) is 31.1 Å². The molecular weight excluding hydrogens is 272 g/mol. The van der Waals surface area contributed by atoms with E-state index in [0.717, 1.165) is 31.1 Å². The van der Waals surface area contributed by atoms with Gasteiger partial charge >= 0.3 is 0 Å². The fraction of sp³-hybridized carbons (Fsp3) is 0.632. The monoisotopic (exact) mass is 300 g/mol. The van der Waals surface area contributed by atoms with Gasteiger partial charge in [0.2, 0.25) is 5.91 Å². The van der Waals surface area contributed by atoms with E-state index in [4.69, 9.17) is 0 Å². The van der Waals surface area contributed by atoms with Crippen molar-refractivity contribution in [1.29, 1.82) is 0 Å². The quantitative estimate of drug-likeness (QED) is 0.851. The van der Waals surface area contributed by atoms with Crippen LogP contribution in [0.5, 0.6) is 0 Å². The molecule has 0 spiro atoms. The number of rotatable bonds is 4. The topological polar surface area (TPSA) is 23.6 Å². The predicted octanol–water partition coefficient (Wildman–Crippen LogP) is 3.33. The molecule has 3 nitrogen and oxygen atoms in total. The zero-order chi connectivity index (χ0) is 15.5.